The Morgan fingerprint density at radius 3 is 2.67 bits per heavy atom. The fourth-order valence-corrected chi connectivity index (χ4v) is 0.498. The van der Waals surface area contributed by atoms with Crippen LogP contribution in [-0.4, -0.2) is 22.9 Å². The molecule has 1 aliphatic heterocycles. The van der Waals surface area contributed by atoms with Gasteiger partial charge in [-0.1, -0.05) is 0 Å². The summed E-state index contributed by atoms with van der Waals surface area (Å²) >= 11 is 0. The van der Waals surface area contributed by atoms with E-state index in [1.807, 2.05) is 0 Å². The Morgan fingerprint density at radius 2 is 2.33 bits per heavy atom. The summed E-state index contributed by atoms with van der Waals surface area (Å²) in [5, 5.41) is 9.76. The van der Waals surface area contributed by atoms with Crippen molar-refractivity contribution in [3.8, 4) is 0 Å². The monoisotopic (exact) mass is 129 g/mol. The molecule has 5 nitrogen and oxygen atoms in total. The van der Waals surface area contributed by atoms with E-state index in [0.717, 1.165) is 19.3 Å². The average Bonchev–Trinajstić information content (AvgIpc) is 2.40. The van der Waals surface area contributed by atoms with E-state index in [4.69, 9.17) is 5.73 Å². The number of rotatable bonds is 2. The van der Waals surface area contributed by atoms with Gasteiger partial charge < -0.3 is 10.6 Å². The molecule has 0 atom stereocenters. The molecule has 0 aliphatic carbocycles. The molecule has 9 heavy (non-hydrogen) atoms. The van der Waals surface area contributed by atoms with E-state index in [1.54, 1.807) is 4.90 Å². The maximum Gasteiger partial charge on any atom is 0.274 e. The number of nitro groups is 1. The Labute approximate surface area is 51.9 Å². The van der Waals surface area contributed by atoms with E-state index in [9.17, 15) is 10.1 Å². The summed E-state index contributed by atoms with van der Waals surface area (Å²) in [7, 11) is 0. The molecule has 0 spiro atoms. The first-order valence-electron chi connectivity index (χ1n) is 2.56. The van der Waals surface area contributed by atoms with E-state index in [-0.39, 0.29) is 5.82 Å². The van der Waals surface area contributed by atoms with Crippen LogP contribution in [0.15, 0.2) is 12.0 Å². The van der Waals surface area contributed by atoms with Gasteiger partial charge in [0.1, 0.15) is 0 Å². The highest BCUT2D eigenvalue weighted by Crippen LogP contribution is 2.08. The second-order valence-corrected chi connectivity index (χ2v) is 1.83. The van der Waals surface area contributed by atoms with Gasteiger partial charge in [0.05, 0.1) is 4.92 Å². The molecular weight excluding hydrogens is 122 g/mol. The topological polar surface area (TPSA) is 72.2 Å². The molecule has 0 bridgehead atoms. The molecular formula is C4H7N3O2. The highest BCUT2D eigenvalue weighted by Gasteiger charge is 2.19. The predicted octanol–water partition coefficient (Wildman–Crippen LogP) is -0.664. The second-order valence-electron chi connectivity index (χ2n) is 1.83. The molecule has 1 fully saturated rings. The van der Waals surface area contributed by atoms with Gasteiger partial charge in [-0.3, -0.25) is 10.1 Å². The summed E-state index contributed by atoms with van der Waals surface area (Å²) in [5.41, 5.74) is 5.23. The quantitative estimate of drug-likeness (QED) is 0.305. The molecule has 1 rings (SSSR count). The fraction of sp³-hybridized carbons (Fsp3) is 0.500. The first kappa shape index (κ1) is 5.87. The summed E-state index contributed by atoms with van der Waals surface area (Å²) in [4.78, 5) is 10.9. The molecule has 1 heterocycles. The molecule has 1 aliphatic rings. The molecule has 0 aromatic rings. The fourth-order valence-electron chi connectivity index (χ4n) is 0.498. The predicted molar refractivity (Wildman–Crippen MR) is 30.8 cm³/mol. The number of nitrogens with two attached hydrogens (primary N) is 1. The molecule has 0 amide bonds. The van der Waals surface area contributed by atoms with Crippen molar-refractivity contribution in [2.45, 2.75) is 0 Å². The lowest BCUT2D eigenvalue weighted by atomic mass is 10.7. The van der Waals surface area contributed by atoms with Crippen molar-refractivity contribution in [2.24, 2.45) is 5.73 Å². The van der Waals surface area contributed by atoms with Crippen molar-refractivity contribution < 1.29 is 4.92 Å². The standard InChI is InChI=1S/C4H7N3O2/c5-4(3-7(8)9)6-1-2-6/h3H,1-2,5H2. The molecule has 2 N–H and O–H groups in total. The minimum absolute atomic E-state index is 0.250. The van der Waals surface area contributed by atoms with Gasteiger partial charge in [0.25, 0.3) is 6.20 Å². The third kappa shape index (κ3) is 1.60. The van der Waals surface area contributed by atoms with Crippen molar-refractivity contribution in [1.29, 1.82) is 0 Å². The lowest BCUT2D eigenvalue weighted by Crippen LogP contribution is -2.09. The van der Waals surface area contributed by atoms with Crippen LogP contribution in [-0.2, 0) is 0 Å². The minimum Gasteiger partial charge on any atom is -0.380 e. The van der Waals surface area contributed by atoms with E-state index >= 15 is 0 Å². The van der Waals surface area contributed by atoms with Gasteiger partial charge in [0.2, 0.25) is 0 Å². The Kier molecular flexibility index (Phi) is 1.26. The second kappa shape index (κ2) is 1.93. The van der Waals surface area contributed by atoms with Crippen LogP contribution in [0.25, 0.3) is 0 Å². The van der Waals surface area contributed by atoms with Crippen LogP contribution in [0.1, 0.15) is 0 Å². The SMILES string of the molecule is NC(=C[N+](=O)[O-])N1CC1. The molecule has 0 saturated carbocycles. The van der Waals surface area contributed by atoms with Gasteiger partial charge >= 0.3 is 0 Å². The van der Waals surface area contributed by atoms with E-state index in [0.29, 0.717) is 0 Å². The Bertz CT molecular complexity index is 161. The van der Waals surface area contributed by atoms with Crippen LogP contribution in [0.5, 0.6) is 0 Å². The normalized spacial score (nSPS) is 17.8. The van der Waals surface area contributed by atoms with Gasteiger partial charge in [0.15, 0.2) is 5.82 Å². The largest absolute Gasteiger partial charge is 0.380 e. The third-order valence-electron chi connectivity index (χ3n) is 1.05. The van der Waals surface area contributed by atoms with Crippen LogP contribution in [0.2, 0.25) is 0 Å². The first-order chi connectivity index (χ1) is 4.20. The van der Waals surface area contributed by atoms with Crippen molar-refractivity contribution in [2.75, 3.05) is 13.1 Å². The number of nitrogens with zero attached hydrogens (tertiary/aromatic N) is 2. The van der Waals surface area contributed by atoms with Crippen LogP contribution < -0.4 is 5.73 Å². The van der Waals surface area contributed by atoms with E-state index in [1.165, 1.54) is 0 Å². The molecule has 50 valence electrons. The lowest BCUT2D eigenvalue weighted by Gasteiger charge is -1.94. The highest BCUT2D eigenvalue weighted by atomic mass is 16.6. The zero-order valence-corrected chi connectivity index (χ0v) is 4.78. The van der Waals surface area contributed by atoms with Crippen molar-refractivity contribution >= 4 is 0 Å². The summed E-state index contributed by atoms with van der Waals surface area (Å²) < 4.78 is 0. The zero-order chi connectivity index (χ0) is 6.85. The summed E-state index contributed by atoms with van der Waals surface area (Å²) in [6, 6.07) is 0. The van der Waals surface area contributed by atoms with E-state index < -0.39 is 4.92 Å². The Hall–Kier alpha value is -1.26. The van der Waals surface area contributed by atoms with Crippen molar-refractivity contribution in [1.82, 2.24) is 4.90 Å². The van der Waals surface area contributed by atoms with Gasteiger partial charge in [-0.15, -0.1) is 0 Å². The molecule has 1 saturated heterocycles. The molecule has 0 aromatic heterocycles. The number of hydrogen-bond donors (Lipinski definition) is 1. The Morgan fingerprint density at radius 1 is 1.78 bits per heavy atom. The number of hydrogen-bond acceptors (Lipinski definition) is 4. The van der Waals surface area contributed by atoms with Crippen molar-refractivity contribution in [3.63, 3.8) is 0 Å². The molecule has 0 unspecified atom stereocenters. The minimum atomic E-state index is -0.548. The third-order valence-corrected chi connectivity index (χ3v) is 1.05. The molecule has 0 radical (unpaired) electrons. The van der Waals surface area contributed by atoms with Gasteiger partial charge in [-0.2, -0.15) is 0 Å². The van der Waals surface area contributed by atoms with Crippen LogP contribution in [0.4, 0.5) is 0 Å². The van der Waals surface area contributed by atoms with Gasteiger partial charge in [-0.05, 0) is 0 Å². The van der Waals surface area contributed by atoms with Crippen LogP contribution >= 0.6 is 0 Å². The zero-order valence-electron chi connectivity index (χ0n) is 4.78. The first-order valence-corrected chi connectivity index (χ1v) is 2.56. The van der Waals surface area contributed by atoms with E-state index in [2.05, 4.69) is 0 Å². The van der Waals surface area contributed by atoms with Gasteiger partial charge in [0, 0.05) is 13.1 Å². The molecule has 0 aromatic carbocycles. The maximum absolute atomic E-state index is 9.76. The maximum atomic E-state index is 9.76. The van der Waals surface area contributed by atoms with Crippen molar-refractivity contribution in [3.05, 3.63) is 22.1 Å². The summed E-state index contributed by atoms with van der Waals surface area (Å²) in [6.07, 6.45) is 0.812. The van der Waals surface area contributed by atoms with Crippen LogP contribution in [0, 0.1) is 10.1 Å². The van der Waals surface area contributed by atoms with Crippen LogP contribution in [0.3, 0.4) is 0 Å². The summed E-state index contributed by atoms with van der Waals surface area (Å²) in [6.45, 7) is 1.69. The lowest BCUT2D eigenvalue weighted by molar-refractivity contribution is -0.404. The average molecular weight is 129 g/mol. The molecule has 5 heteroatoms. The van der Waals surface area contributed by atoms with Gasteiger partial charge in [-0.25, -0.2) is 0 Å². The smallest absolute Gasteiger partial charge is 0.274 e. The highest BCUT2D eigenvalue weighted by molar-refractivity contribution is 4.97. The summed E-state index contributed by atoms with van der Waals surface area (Å²) in [5.74, 6) is 0.250. The Balaban J connectivity index is 2.47.